The molecule has 1 aliphatic carbocycles. The van der Waals surface area contributed by atoms with Gasteiger partial charge in [0, 0.05) is 18.0 Å². The van der Waals surface area contributed by atoms with E-state index in [2.05, 4.69) is 0 Å². The smallest absolute Gasteiger partial charge is 0.227 e. The largest absolute Gasteiger partial charge is 0.310 e. The van der Waals surface area contributed by atoms with E-state index in [0.717, 1.165) is 24.0 Å². The summed E-state index contributed by atoms with van der Waals surface area (Å²) in [6.45, 7) is 0.625. The minimum Gasteiger partial charge on any atom is -0.310 e. The number of benzene rings is 1. The lowest BCUT2D eigenvalue weighted by atomic mass is 9.94. The van der Waals surface area contributed by atoms with Crippen molar-refractivity contribution < 1.29 is 9.18 Å². The van der Waals surface area contributed by atoms with Gasteiger partial charge >= 0.3 is 0 Å². The Kier molecular flexibility index (Phi) is 4.11. The van der Waals surface area contributed by atoms with Gasteiger partial charge in [-0.3, -0.25) is 4.79 Å². The Morgan fingerprint density at radius 3 is 2.62 bits per heavy atom. The van der Waals surface area contributed by atoms with Crippen LogP contribution in [0.4, 0.5) is 4.39 Å². The third kappa shape index (κ3) is 3.03. The van der Waals surface area contributed by atoms with Crippen molar-refractivity contribution in [1.82, 2.24) is 4.90 Å². The molecule has 1 aromatic carbocycles. The van der Waals surface area contributed by atoms with Gasteiger partial charge < -0.3 is 4.90 Å². The van der Waals surface area contributed by atoms with E-state index in [1.807, 2.05) is 24.3 Å². The van der Waals surface area contributed by atoms with E-state index >= 15 is 0 Å². The molecule has 0 aromatic heterocycles. The molecule has 1 heterocycles. The summed E-state index contributed by atoms with van der Waals surface area (Å²) in [5.74, 6) is -0.218. The molecule has 0 atom stereocenters. The fourth-order valence-electron chi connectivity index (χ4n) is 2.98. The van der Waals surface area contributed by atoms with E-state index in [9.17, 15) is 9.18 Å². The van der Waals surface area contributed by atoms with Crippen LogP contribution >= 0.6 is 11.6 Å². The van der Waals surface area contributed by atoms with E-state index in [1.165, 1.54) is 0 Å². The van der Waals surface area contributed by atoms with Crippen molar-refractivity contribution in [3.63, 3.8) is 0 Å². The predicted molar refractivity (Wildman–Crippen MR) is 81.6 cm³/mol. The molecule has 110 valence electrons. The van der Waals surface area contributed by atoms with Crippen molar-refractivity contribution >= 4 is 17.5 Å². The molecule has 1 fully saturated rings. The quantitative estimate of drug-likeness (QED) is 0.810. The predicted octanol–water partition coefficient (Wildman–Crippen LogP) is 4.41. The highest BCUT2D eigenvalue weighted by Crippen LogP contribution is 2.33. The van der Waals surface area contributed by atoms with Crippen LogP contribution in [0.2, 0.25) is 5.02 Å². The molecule has 2 nitrogen and oxygen atoms in total. The highest BCUT2D eigenvalue weighted by atomic mass is 35.5. The summed E-state index contributed by atoms with van der Waals surface area (Å²) in [4.78, 5) is 13.6. The van der Waals surface area contributed by atoms with Crippen LogP contribution in [0, 0.1) is 0 Å². The number of nitrogens with zero attached hydrogens (tertiary/aromatic N) is 1. The Bertz CT molecular complexity index is 618. The average molecular weight is 306 g/mol. The highest BCUT2D eigenvalue weighted by molar-refractivity contribution is 6.30. The minimum absolute atomic E-state index is 0.0315. The standard InChI is InChI=1S/C17H17ClFNO/c18-14-8-6-12(7-9-14)11-13-3-1-4-15(19)17(13)20-10-2-5-16(20)21/h4,6-9H,1-3,5,10-11H2. The molecule has 3 rings (SSSR count). The van der Waals surface area contributed by atoms with Crippen molar-refractivity contribution in [3.8, 4) is 0 Å². The van der Waals surface area contributed by atoms with Crippen LogP contribution in [0.3, 0.4) is 0 Å². The molecular weight excluding hydrogens is 289 g/mol. The van der Waals surface area contributed by atoms with Gasteiger partial charge in [-0.15, -0.1) is 0 Å². The molecule has 0 bridgehead atoms. The summed E-state index contributed by atoms with van der Waals surface area (Å²) >= 11 is 5.89. The molecule has 0 unspecified atom stereocenters. The van der Waals surface area contributed by atoms with E-state index in [0.29, 0.717) is 36.5 Å². The Hall–Kier alpha value is -1.61. The van der Waals surface area contributed by atoms with Gasteiger partial charge in [-0.2, -0.15) is 0 Å². The van der Waals surface area contributed by atoms with Crippen molar-refractivity contribution in [2.45, 2.75) is 32.1 Å². The number of allylic oxidation sites excluding steroid dienone is 3. The number of likely N-dealkylation sites (tertiary alicyclic amines) is 1. The van der Waals surface area contributed by atoms with Gasteiger partial charge in [-0.1, -0.05) is 23.7 Å². The molecule has 0 N–H and O–H groups in total. The lowest BCUT2D eigenvalue weighted by Gasteiger charge is -2.25. The van der Waals surface area contributed by atoms with Gasteiger partial charge in [-0.05, 0) is 55.0 Å². The van der Waals surface area contributed by atoms with Gasteiger partial charge in [0.1, 0.15) is 5.83 Å². The van der Waals surface area contributed by atoms with Crippen molar-refractivity contribution in [2.75, 3.05) is 6.54 Å². The van der Waals surface area contributed by atoms with Crippen LogP contribution in [0.25, 0.3) is 0 Å². The van der Waals surface area contributed by atoms with Gasteiger partial charge in [0.25, 0.3) is 0 Å². The van der Waals surface area contributed by atoms with Crippen LogP contribution in [0.15, 0.2) is 47.4 Å². The Labute approximate surface area is 128 Å². The lowest BCUT2D eigenvalue weighted by molar-refractivity contribution is -0.126. The number of rotatable bonds is 3. The fraction of sp³-hybridized carbons (Fsp3) is 0.353. The summed E-state index contributed by atoms with van der Waals surface area (Å²) in [5, 5.41) is 0.692. The summed E-state index contributed by atoms with van der Waals surface area (Å²) in [6, 6.07) is 7.59. The maximum absolute atomic E-state index is 14.3. The zero-order valence-electron chi connectivity index (χ0n) is 11.7. The Morgan fingerprint density at radius 2 is 1.95 bits per heavy atom. The van der Waals surface area contributed by atoms with E-state index in [4.69, 9.17) is 11.6 Å². The Balaban J connectivity index is 1.93. The zero-order chi connectivity index (χ0) is 14.8. The summed E-state index contributed by atoms with van der Waals surface area (Å²) in [7, 11) is 0. The number of halogens is 2. The third-order valence-electron chi connectivity index (χ3n) is 4.00. The van der Waals surface area contributed by atoms with Crippen LogP contribution in [-0.4, -0.2) is 17.4 Å². The summed E-state index contributed by atoms with van der Waals surface area (Å²) in [6.07, 6.45) is 5.08. The van der Waals surface area contributed by atoms with E-state index in [-0.39, 0.29) is 11.7 Å². The van der Waals surface area contributed by atoms with Gasteiger partial charge in [0.2, 0.25) is 5.91 Å². The second-order valence-electron chi connectivity index (χ2n) is 5.50. The van der Waals surface area contributed by atoms with Crippen LogP contribution < -0.4 is 0 Å². The second kappa shape index (κ2) is 6.02. The molecular formula is C17H17ClFNO. The topological polar surface area (TPSA) is 20.3 Å². The SMILES string of the molecule is O=C1CCCN1C1=C(Cc2ccc(Cl)cc2)CCC=C1F. The number of amides is 1. The van der Waals surface area contributed by atoms with Crippen LogP contribution in [0.5, 0.6) is 0 Å². The maximum Gasteiger partial charge on any atom is 0.227 e. The first-order valence-corrected chi connectivity index (χ1v) is 7.66. The van der Waals surface area contributed by atoms with Crippen LogP contribution in [-0.2, 0) is 11.2 Å². The van der Waals surface area contributed by atoms with E-state index < -0.39 is 0 Å². The second-order valence-corrected chi connectivity index (χ2v) is 5.93. The van der Waals surface area contributed by atoms with E-state index in [1.54, 1.807) is 11.0 Å². The first-order chi connectivity index (χ1) is 10.1. The maximum atomic E-state index is 14.3. The Morgan fingerprint density at radius 1 is 1.19 bits per heavy atom. The number of hydrogen-bond donors (Lipinski definition) is 0. The third-order valence-corrected chi connectivity index (χ3v) is 4.26. The monoisotopic (exact) mass is 305 g/mol. The van der Waals surface area contributed by atoms with Gasteiger partial charge in [0.15, 0.2) is 0 Å². The highest BCUT2D eigenvalue weighted by Gasteiger charge is 2.29. The molecule has 1 aliphatic heterocycles. The fourth-order valence-corrected chi connectivity index (χ4v) is 3.11. The first-order valence-electron chi connectivity index (χ1n) is 7.28. The molecule has 1 saturated heterocycles. The molecule has 0 spiro atoms. The first kappa shape index (κ1) is 14.3. The molecule has 0 saturated carbocycles. The molecule has 4 heteroatoms. The molecule has 2 aliphatic rings. The molecule has 21 heavy (non-hydrogen) atoms. The molecule has 1 amide bonds. The van der Waals surface area contributed by atoms with Crippen molar-refractivity contribution in [2.24, 2.45) is 0 Å². The van der Waals surface area contributed by atoms with Crippen molar-refractivity contribution in [1.29, 1.82) is 0 Å². The van der Waals surface area contributed by atoms with Gasteiger partial charge in [0.05, 0.1) is 5.70 Å². The van der Waals surface area contributed by atoms with Crippen LogP contribution in [0.1, 0.15) is 31.2 Å². The lowest BCUT2D eigenvalue weighted by Crippen LogP contribution is -2.27. The molecule has 1 aromatic rings. The minimum atomic E-state index is -0.250. The van der Waals surface area contributed by atoms with Crippen molar-refractivity contribution in [3.05, 3.63) is 58.0 Å². The molecule has 0 radical (unpaired) electrons. The number of carbonyl (C=O) groups is 1. The normalized spacial score (nSPS) is 19.2. The summed E-state index contributed by atoms with van der Waals surface area (Å²) in [5.41, 5.74) is 2.61. The average Bonchev–Trinajstić information content (AvgIpc) is 2.88. The number of carbonyl (C=O) groups excluding carboxylic acids is 1. The zero-order valence-corrected chi connectivity index (χ0v) is 12.5. The van der Waals surface area contributed by atoms with Gasteiger partial charge in [-0.25, -0.2) is 4.39 Å². The number of hydrogen-bond acceptors (Lipinski definition) is 1. The summed E-state index contributed by atoms with van der Waals surface area (Å²) < 4.78 is 14.3.